The van der Waals surface area contributed by atoms with Crippen LogP contribution in [0, 0.1) is 10.1 Å². The molecule has 0 spiro atoms. The first kappa shape index (κ1) is 15.7. The van der Waals surface area contributed by atoms with Crippen molar-refractivity contribution in [2.75, 3.05) is 5.43 Å². The Bertz CT molecular complexity index is 761. The van der Waals surface area contributed by atoms with Crippen molar-refractivity contribution >= 4 is 43.2 Å². The minimum absolute atomic E-state index is 0.142. The molecule has 0 bridgehead atoms. The van der Waals surface area contributed by atoms with Gasteiger partial charge < -0.3 is 9.99 Å². The number of pyridine rings is 1. The molecule has 0 atom stereocenters. The molecule has 0 aliphatic carbocycles. The molecule has 1 aromatic heterocycles. The molecule has 0 saturated carbocycles. The van der Waals surface area contributed by atoms with E-state index in [2.05, 4.69) is 37.3 Å². The van der Waals surface area contributed by atoms with E-state index >= 15 is 0 Å². The number of nitrogen functional groups attached to an aromatic ring is 1. The molecule has 0 saturated heterocycles. The maximum atomic E-state index is 12.0. The van der Waals surface area contributed by atoms with E-state index in [9.17, 15) is 14.9 Å². The smallest absolute Gasteiger partial charge is 0.293 e. The molecule has 7 nitrogen and oxygen atoms in total. The van der Waals surface area contributed by atoms with Crippen LogP contribution in [0.4, 0.5) is 11.4 Å². The molecule has 9 heteroatoms. The summed E-state index contributed by atoms with van der Waals surface area (Å²) < 4.78 is 2.58. The highest BCUT2D eigenvalue weighted by atomic mass is 79.9. The Morgan fingerprint density at radius 3 is 2.67 bits per heavy atom. The molecule has 0 unspecified atom stereocenters. The number of nitrogens with two attached hydrogens (primary N) is 1. The first-order valence-electron chi connectivity index (χ1n) is 5.72. The Morgan fingerprint density at radius 1 is 1.33 bits per heavy atom. The van der Waals surface area contributed by atoms with Gasteiger partial charge in [-0.15, -0.1) is 0 Å². The zero-order valence-electron chi connectivity index (χ0n) is 10.5. The maximum Gasteiger partial charge on any atom is 0.293 e. The number of hydrogen-bond acceptors (Lipinski definition) is 5. The van der Waals surface area contributed by atoms with E-state index in [4.69, 9.17) is 5.84 Å². The van der Waals surface area contributed by atoms with Crippen LogP contribution in [0.2, 0.25) is 0 Å². The number of aromatic nitrogens is 1. The molecule has 0 fully saturated rings. The van der Waals surface area contributed by atoms with Crippen molar-refractivity contribution in [2.24, 2.45) is 5.84 Å². The van der Waals surface area contributed by atoms with E-state index in [-0.39, 0.29) is 23.5 Å². The minimum atomic E-state index is -0.529. The van der Waals surface area contributed by atoms with Crippen molar-refractivity contribution in [3.8, 4) is 0 Å². The molecule has 1 aromatic carbocycles. The lowest BCUT2D eigenvalue weighted by Gasteiger charge is -2.09. The molecule has 2 aromatic rings. The second kappa shape index (κ2) is 6.37. The van der Waals surface area contributed by atoms with Gasteiger partial charge in [-0.05, 0) is 49.6 Å². The summed E-state index contributed by atoms with van der Waals surface area (Å²) in [5.74, 6) is 5.23. The predicted molar refractivity (Wildman–Crippen MR) is 86.1 cm³/mol. The summed E-state index contributed by atoms with van der Waals surface area (Å²) >= 11 is 6.47. The Hall–Kier alpha value is -1.71. The number of anilines is 1. The largest absolute Gasteiger partial charge is 0.318 e. The summed E-state index contributed by atoms with van der Waals surface area (Å²) in [7, 11) is 0. The fraction of sp³-hybridized carbons (Fsp3) is 0.0833. The van der Waals surface area contributed by atoms with Crippen molar-refractivity contribution in [3.05, 3.63) is 65.4 Å². The standard InChI is InChI=1S/C12H10Br2N4O3/c13-8-4-9(14)12(19)17(6-8)5-7-1-2-10(16-15)11(3-7)18(20)21/h1-4,6,16H,5,15H2. The normalized spacial score (nSPS) is 10.4. The van der Waals surface area contributed by atoms with E-state index < -0.39 is 4.92 Å². The number of nitrogens with one attached hydrogen (secondary N) is 1. The van der Waals surface area contributed by atoms with E-state index in [1.54, 1.807) is 18.3 Å². The summed E-state index contributed by atoms with van der Waals surface area (Å²) in [5, 5.41) is 11.0. The quantitative estimate of drug-likeness (QED) is 0.452. The Labute approximate surface area is 136 Å². The molecule has 0 radical (unpaired) electrons. The number of hydrazine groups is 1. The number of benzene rings is 1. The van der Waals surface area contributed by atoms with E-state index in [1.165, 1.54) is 16.7 Å². The summed E-state index contributed by atoms with van der Waals surface area (Å²) in [6.45, 7) is 0.211. The molecule has 110 valence electrons. The highest BCUT2D eigenvalue weighted by Gasteiger charge is 2.14. The summed E-state index contributed by atoms with van der Waals surface area (Å²) in [5.41, 5.74) is 2.74. The van der Waals surface area contributed by atoms with Gasteiger partial charge in [-0.25, -0.2) is 0 Å². The van der Waals surface area contributed by atoms with Crippen LogP contribution >= 0.6 is 31.9 Å². The molecule has 3 N–H and O–H groups in total. The van der Waals surface area contributed by atoms with Gasteiger partial charge in [-0.3, -0.25) is 20.8 Å². The predicted octanol–water partition coefficient (Wildman–Crippen LogP) is 2.62. The monoisotopic (exact) mass is 416 g/mol. The molecule has 0 amide bonds. The van der Waals surface area contributed by atoms with Crippen molar-refractivity contribution < 1.29 is 4.92 Å². The molecule has 1 heterocycles. The van der Waals surface area contributed by atoms with Crippen molar-refractivity contribution in [3.63, 3.8) is 0 Å². The Balaban J connectivity index is 2.43. The van der Waals surface area contributed by atoms with Gasteiger partial charge in [0.2, 0.25) is 0 Å². The topological polar surface area (TPSA) is 103 Å². The fourth-order valence-corrected chi connectivity index (χ4v) is 3.09. The average Bonchev–Trinajstić information content (AvgIpc) is 2.44. The summed E-state index contributed by atoms with van der Waals surface area (Å²) in [6, 6.07) is 6.20. The number of rotatable bonds is 4. The van der Waals surface area contributed by atoms with Gasteiger partial charge in [0.25, 0.3) is 11.2 Å². The van der Waals surface area contributed by atoms with Gasteiger partial charge in [-0.2, -0.15) is 0 Å². The van der Waals surface area contributed by atoms with Gasteiger partial charge in [0.15, 0.2) is 0 Å². The second-order valence-corrected chi connectivity index (χ2v) is 5.96. The highest BCUT2D eigenvalue weighted by molar-refractivity contribution is 9.11. The number of nitro benzene ring substituents is 1. The third kappa shape index (κ3) is 3.49. The summed E-state index contributed by atoms with van der Waals surface area (Å²) in [6.07, 6.45) is 1.62. The van der Waals surface area contributed by atoms with E-state index in [0.29, 0.717) is 10.0 Å². The molecular weight excluding hydrogens is 408 g/mol. The molecule has 21 heavy (non-hydrogen) atoms. The lowest BCUT2D eigenvalue weighted by Crippen LogP contribution is -2.20. The van der Waals surface area contributed by atoms with Crippen molar-refractivity contribution in [2.45, 2.75) is 6.54 Å². The van der Waals surface area contributed by atoms with Gasteiger partial charge >= 0.3 is 0 Å². The van der Waals surface area contributed by atoms with Crippen LogP contribution in [0.3, 0.4) is 0 Å². The second-order valence-electron chi connectivity index (χ2n) is 4.19. The lowest BCUT2D eigenvalue weighted by molar-refractivity contribution is -0.384. The lowest BCUT2D eigenvalue weighted by atomic mass is 10.1. The van der Waals surface area contributed by atoms with Gasteiger partial charge in [0.1, 0.15) is 5.69 Å². The number of halogens is 2. The Kier molecular flexibility index (Phi) is 4.76. The summed E-state index contributed by atoms with van der Waals surface area (Å²) in [4.78, 5) is 22.5. The number of nitrogens with zero attached hydrogens (tertiary/aromatic N) is 2. The van der Waals surface area contributed by atoms with Crippen LogP contribution < -0.4 is 16.8 Å². The third-order valence-electron chi connectivity index (χ3n) is 2.78. The minimum Gasteiger partial charge on any atom is -0.318 e. The first-order valence-corrected chi connectivity index (χ1v) is 7.30. The maximum absolute atomic E-state index is 12.0. The molecule has 0 aliphatic rings. The van der Waals surface area contributed by atoms with Crippen LogP contribution in [-0.2, 0) is 6.54 Å². The van der Waals surface area contributed by atoms with Gasteiger partial charge in [0, 0.05) is 16.7 Å². The fourth-order valence-electron chi connectivity index (χ4n) is 1.83. The van der Waals surface area contributed by atoms with Crippen LogP contribution in [0.1, 0.15) is 5.56 Å². The van der Waals surface area contributed by atoms with E-state index in [0.717, 1.165) is 4.47 Å². The SMILES string of the molecule is NNc1ccc(Cn2cc(Br)cc(Br)c2=O)cc1[N+](=O)[O-]. The van der Waals surface area contributed by atoms with Crippen LogP contribution in [0.15, 0.2) is 44.2 Å². The van der Waals surface area contributed by atoms with Gasteiger partial charge in [-0.1, -0.05) is 6.07 Å². The van der Waals surface area contributed by atoms with Crippen LogP contribution in [-0.4, -0.2) is 9.49 Å². The van der Waals surface area contributed by atoms with Crippen molar-refractivity contribution in [1.29, 1.82) is 0 Å². The highest BCUT2D eigenvalue weighted by Crippen LogP contribution is 2.25. The molecular formula is C12H10Br2N4O3. The number of nitro groups is 1. The zero-order valence-corrected chi connectivity index (χ0v) is 13.7. The molecule has 2 rings (SSSR count). The Morgan fingerprint density at radius 2 is 2.05 bits per heavy atom. The van der Waals surface area contributed by atoms with Crippen molar-refractivity contribution in [1.82, 2.24) is 4.57 Å². The molecule has 0 aliphatic heterocycles. The zero-order chi connectivity index (χ0) is 15.6. The number of hydrogen-bond donors (Lipinski definition) is 2. The third-order valence-corrected chi connectivity index (χ3v) is 3.78. The van der Waals surface area contributed by atoms with Gasteiger partial charge in [0.05, 0.1) is 15.9 Å². The first-order chi connectivity index (χ1) is 9.92. The van der Waals surface area contributed by atoms with E-state index in [1.807, 2.05) is 0 Å². The van der Waals surface area contributed by atoms with Crippen LogP contribution in [0.5, 0.6) is 0 Å². The van der Waals surface area contributed by atoms with Crippen LogP contribution in [0.25, 0.3) is 0 Å². The average molecular weight is 418 g/mol.